The molecule has 3 aromatic rings. The van der Waals surface area contributed by atoms with Crippen molar-refractivity contribution in [2.45, 2.75) is 32.0 Å². The molecule has 0 aliphatic carbocycles. The van der Waals surface area contributed by atoms with Crippen LogP contribution in [0.2, 0.25) is 0 Å². The molecule has 1 unspecified atom stereocenters. The lowest BCUT2D eigenvalue weighted by Gasteiger charge is -2.23. The van der Waals surface area contributed by atoms with Gasteiger partial charge in [0, 0.05) is 52.7 Å². The number of fused-ring (bicyclic) bond motifs is 3. The van der Waals surface area contributed by atoms with E-state index in [1.807, 2.05) is 30.3 Å². The van der Waals surface area contributed by atoms with Crippen molar-refractivity contribution in [3.8, 4) is 11.3 Å². The molecular formula is C25H26N4O3. The van der Waals surface area contributed by atoms with Gasteiger partial charge in [-0.25, -0.2) is 4.98 Å². The monoisotopic (exact) mass is 430 g/mol. The first-order valence-electron chi connectivity index (χ1n) is 11.0. The molecule has 1 fully saturated rings. The zero-order valence-electron chi connectivity index (χ0n) is 17.8. The highest BCUT2D eigenvalue weighted by atomic mass is 16.5. The van der Waals surface area contributed by atoms with E-state index in [-0.39, 0.29) is 12.0 Å². The van der Waals surface area contributed by atoms with Crippen LogP contribution in [0, 0.1) is 5.41 Å². The third kappa shape index (κ3) is 3.74. The summed E-state index contributed by atoms with van der Waals surface area (Å²) in [4.78, 5) is 17.4. The van der Waals surface area contributed by atoms with E-state index in [0.717, 1.165) is 59.2 Å². The lowest BCUT2D eigenvalue weighted by molar-refractivity contribution is 0.0858. The van der Waals surface area contributed by atoms with Crippen LogP contribution in [-0.2, 0) is 22.5 Å². The number of amides is 1. The summed E-state index contributed by atoms with van der Waals surface area (Å²) in [5.41, 5.74) is 12.8. The van der Waals surface area contributed by atoms with Gasteiger partial charge >= 0.3 is 0 Å². The molecule has 32 heavy (non-hydrogen) atoms. The fraction of sp³-hybridized carbons (Fsp3) is 0.320. The fourth-order valence-electron chi connectivity index (χ4n) is 4.58. The van der Waals surface area contributed by atoms with Crippen molar-refractivity contribution in [1.29, 1.82) is 5.41 Å². The normalized spacial score (nSPS) is 17.8. The summed E-state index contributed by atoms with van der Waals surface area (Å²) < 4.78 is 11.3. The molecule has 3 heterocycles. The summed E-state index contributed by atoms with van der Waals surface area (Å²) in [7, 11) is 0. The predicted octanol–water partition coefficient (Wildman–Crippen LogP) is 3.46. The van der Waals surface area contributed by atoms with Crippen molar-refractivity contribution in [2.24, 2.45) is 0 Å². The quantitative estimate of drug-likeness (QED) is 0.424. The average molecular weight is 431 g/mol. The van der Waals surface area contributed by atoms with Crippen LogP contribution in [0.5, 0.6) is 0 Å². The van der Waals surface area contributed by atoms with Crippen LogP contribution in [0.1, 0.15) is 39.9 Å². The minimum absolute atomic E-state index is 0.102. The molecule has 0 saturated carbocycles. The van der Waals surface area contributed by atoms with Crippen LogP contribution in [0.4, 0.5) is 5.69 Å². The topological polar surface area (TPSA) is 110 Å². The molecule has 2 aliphatic heterocycles. The number of hydrogen-bond acceptors (Lipinski definition) is 6. The SMILES string of the molecule is N=Cc1c(N)ccc2nc(-c3ccc(C(=O)NCC4CCCO4)cc3)c3c(c12)CCOC3. The number of aromatic nitrogens is 1. The highest BCUT2D eigenvalue weighted by Crippen LogP contribution is 2.36. The van der Waals surface area contributed by atoms with Gasteiger partial charge in [0.2, 0.25) is 0 Å². The van der Waals surface area contributed by atoms with E-state index in [2.05, 4.69) is 5.32 Å². The highest BCUT2D eigenvalue weighted by molar-refractivity contribution is 6.05. The summed E-state index contributed by atoms with van der Waals surface area (Å²) in [5, 5.41) is 11.7. The number of rotatable bonds is 5. The maximum atomic E-state index is 12.5. The van der Waals surface area contributed by atoms with E-state index >= 15 is 0 Å². The molecule has 1 saturated heterocycles. The fourth-order valence-corrected chi connectivity index (χ4v) is 4.58. The molecule has 2 aromatic carbocycles. The number of nitrogens with one attached hydrogen (secondary N) is 2. The predicted molar refractivity (Wildman–Crippen MR) is 124 cm³/mol. The molecule has 1 atom stereocenters. The summed E-state index contributed by atoms with van der Waals surface area (Å²) in [6.07, 6.45) is 4.21. The molecule has 0 spiro atoms. The van der Waals surface area contributed by atoms with E-state index in [1.54, 1.807) is 6.07 Å². The standard InChI is InChI=1S/C25H26N4O3/c26-12-19-21(27)7-8-22-23(19)18-9-11-31-14-20(18)24(29-22)15-3-5-16(6-4-15)25(30)28-13-17-2-1-10-32-17/h3-8,12,17,26H,1-2,9-11,13-14,27H2,(H,28,30). The van der Waals surface area contributed by atoms with Gasteiger partial charge in [-0.1, -0.05) is 12.1 Å². The van der Waals surface area contributed by atoms with Crippen LogP contribution in [0.3, 0.4) is 0 Å². The van der Waals surface area contributed by atoms with Crippen molar-refractivity contribution in [3.05, 3.63) is 58.7 Å². The Balaban J connectivity index is 1.48. The second kappa shape index (κ2) is 8.68. The number of ether oxygens (including phenoxy) is 2. The largest absolute Gasteiger partial charge is 0.398 e. The molecule has 1 amide bonds. The minimum atomic E-state index is -0.102. The Bertz CT molecular complexity index is 1180. The van der Waals surface area contributed by atoms with E-state index in [4.69, 9.17) is 25.6 Å². The van der Waals surface area contributed by atoms with E-state index in [0.29, 0.717) is 36.6 Å². The van der Waals surface area contributed by atoms with Crippen LogP contribution >= 0.6 is 0 Å². The average Bonchev–Trinajstić information content (AvgIpc) is 3.36. The second-order valence-electron chi connectivity index (χ2n) is 8.25. The number of nitrogens with zero attached hydrogens (tertiary/aromatic N) is 1. The van der Waals surface area contributed by atoms with Crippen molar-refractivity contribution in [1.82, 2.24) is 10.3 Å². The first-order valence-corrected chi connectivity index (χ1v) is 11.0. The van der Waals surface area contributed by atoms with Gasteiger partial charge in [-0.05, 0) is 49.1 Å². The lowest BCUT2D eigenvalue weighted by Crippen LogP contribution is -2.31. The van der Waals surface area contributed by atoms with Gasteiger partial charge in [-0.2, -0.15) is 0 Å². The van der Waals surface area contributed by atoms with Gasteiger partial charge in [-0.15, -0.1) is 0 Å². The molecule has 0 radical (unpaired) electrons. The maximum absolute atomic E-state index is 12.5. The van der Waals surface area contributed by atoms with Crippen LogP contribution < -0.4 is 11.1 Å². The Morgan fingerprint density at radius 1 is 1.19 bits per heavy atom. The first-order chi connectivity index (χ1) is 15.7. The smallest absolute Gasteiger partial charge is 0.251 e. The first kappa shape index (κ1) is 20.6. The van der Waals surface area contributed by atoms with Crippen LogP contribution in [0.25, 0.3) is 22.2 Å². The van der Waals surface area contributed by atoms with Crippen molar-refractivity contribution >= 4 is 28.7 Å². The lowest BCUT2D eigenvalue weighted by atomic mass is 9.91. The molecule has 7 heteroatoms. The van der Waals surface area contributed by atoms with Gasteiger partial charge in [0.15, 0.2) is 0 Å². The molecule has 164 valence electrons. The number of pyridine rings is 1. The molecular weight excluding hydrogens is 404 g/mol. The number of hydrogen-bond donors (Lipinski definition) is 3. The number of carbonyl (C=O) groups excluding carboxylic acids is 1. The maximum Gasteiger partial charge on any atom is 0.251 e. The Morgan fingerprint density at radius 2 is 2.03 bits per heavy atom. The molecule has 5 rings (SSSR count). The van der Waals surface area contributed by atoms with Crippen molar-refractivity contribution < 1.29 is 14.3 Å². The molecule has 1 aromatic heterocycles. The second-order valence-corrected chi connectivity index (χ2v) is 8.25. The molecule has 4 N–H and O–H groups in total. The van der Waals surface area contributed by atoms with E-state index < -0.39 is 0 Å². The van der Waals surface area contributed by atoms with Gasteiger partial charge in [-0.3, -0.25) is 4.79 Å². The highest BCUT2D eigenvalue weighted by Gasteiger charge is 2.22. The van der Waals surface area contributed by atoms with Gasteiger partial charge in [0.1, 0.15) is 0 Å². The molecule has 7 nitrogen and oxygen atoms in total. The minimum Gasteiger partial charge on any atom is -0.398 e. The molecule has 0 bridgehead atoms. The summed E-state index contributed by atoms with van der Waals surface area (Å²) in [5.74, 6) is -0.102. The number of anilines is 1. The van der Waals surface area contributed by atoms with Gasteiger partial charge < -0.3 is 25.9 Å². The van der Waals surface area contributed by atoms with Crippen LogP contribution in [0.15, 0.2) is 36.4 Å². The van der Waals surface area contributed by atoms with E-state index in [1.165, 1.54) is 6.21 Å². The summed E-state index contributed by atoms with van der Waals surface area (Å²) in [6, 6.07) is 11.2. The Hall–Kier alpha value is -3.29. The Labute approximate surface area is 186 Å². The van der Waals surface area contributed by atoms with Gasteiger partial charge in [0.05, 0.1) is 30.5 Å². The van der Waals surface area contributed by atoms with Crippen LogP contribution in [-0.4, -0.2) is 43.0 Å². The Kier molecular flexibility index (Phi) is 5.59. The Morgan fingerprint density at radius 3 is 2.78 bits per heavy atom. The van der Waals surface area contributed by atoms with Crippen molar-refractivity contribution in [2.75, 3.05) is 25.5 Å². The summed E-state index contributed by atoms with van der Waals surface area (Å²) >= 11 is 0. The van der Waals surface area contributed by atoms with E-state index in [9.17, 15) is 4.79 Å². The van der Waals surface area contributed by atoms with Gasteiger partial charge in [0.25, 0.3) is 5.91 Å². The summed E-state index contributed by atoms with van der Waals surface area (Å²) in [6.45, 7) is 2.40. The third-order valence-electron chi connectivity index (χ3n) is 6.26. The number of nitrogen functional groups attached to an aromatic ring is 1. The zero-order valence-corrected chi connectivity index (χ0v) is 17.8. The van der Waals surface area contributed by atoms with Crippen molar-refractivity contribution in [3.63, 3.8) is 0 Å². The number of benzene rings is 2. The number of carbonyl (C=O) groups is 1. The third-order valence-corrected chi connectivity index (χ3v) is 6.26. The molecule has 2 aliphatic rings. The zero-order chi connectivity index (χ0) is 22.1. The number of nitrogens with two attached hydrogens (primary N) is 1.